The predicted molar refractivity (Wildman–Crippen MR) is 80.2 cm³/mol. The summed E-state index contributed by atoms with van der Waals surface area (Å²) in [4.78, 5) is 26.8. The van der Waals surface area contributed by atoms with Crippen molar-refractivity contribution in [2.75, 3.05) is 6.61 Å². The number of carbonyl (C=O) groups is 2. The van der Waals surface area contributed by atoms with Crippen molar-refractivity contribution in [1.82, 2.24) is 4.90 Å². The van der Waals surface area contributed by atoms with Crippen LogP contribution in [0, 0.1) is 0 Å². The normalized spacial score (nSPS) is 17.2. The van der Waals surface area contributed by atoms with Crippen molar-refractivity contribution in [3.05, 3.63) is 47.5 Å². The van der Waals surface area contributed by atoms with Crippen LogP contribution >= 0.6 is 0 Å². The van der Waals surface area contributed by atoms with Crippen molar-refractivity contribution in [2.45, 2.75) is 25.8 Å². The first-order valence-electron chi connectivity index (χ1n) is 7.05. The topological polar surface area (TPSA) is 57.6 Å². The Morgan fingerprint density at radius 1 is 1.05 bits per heavy atom. The Morgan fingerprint density at radius 2 is 1.57 bits per heavy atom. The Morgan fingerprint density at radius 3 is 2.00 bits per heavy atom. The second kappa shape index (κ2) is 4.67. The van der Waals surface area contributed by atoms with E-state index in [0.717, 1.165) is 5.39 Å². The van der Waals surface area contributed by atoms with Crippen molar-refractivity contribution in [1.29, 1.82) is 0 Å². The molecule has 4 heteroatoms. The lowest BCUT2D eigenvalue weighted by molar-refractivity contribution is 0.0247. The molecule has 2 aromatic rings. The molecule has 1 aliphatic heterocycles. The molecule has 2 amide bonds. The number of imide groups is 1. The van der Waals surface area contributed by atoms with Crippen LogP contribution in [0.15, 0.2) is 36.4 Å². The van der Waals surface area contributed by atoms with Crippen molar-refractivity contribution < 1.29 is 14.7 Å². The molecule has 0 fully saturated rings. The molecule has 0 radical (unpaired) electrons. The zero-order valence-corrected chi connectivity index (χ0v) is 12.1. The average Bonchev–Trinajstić information content (AvgIpc) is 2.52. The molecular formula is C17H17NO3. The number of aliphatic hydroxyl groups excluding tert-OH is 1. The Bertz CT molecular complexity index is 696. The largest absolute Gasteiger partial charge is 0.394 e. The van der Waals surface area contributed by atoms with Crippen LogP contribution in [0.5, 0.6) is 0 Å². The van der Waals surface area contributed by atoms with Gasteiger partial charge < -0.3 is 5.11 Å². The van der Waals surface area contributed by atoms with Crippen LogP contribution in [0.1, 0.15) is 41.0 Å². The molecule has 108 valence electrons. The van der Waals surface area contributed by atoms with Crippen molar-refractivity contribution >= 4 is 22.6 Å². The van der Waals surface area contributed by atoms with Crippen LogP contribution < -0.4 is 0 Å². The Labute approximate surface area is 123 Å². The molecule has 0 spiro atoms. The maximum atomic E-state index is 12.8. The number of rotatable bonds is 3. The highest BCUT2D eigenvalue weighted by Gasteiger charge is 2.42. The van der Waals surface area contributed by atoms with Gasteiger partial charge in [-0.15, -0.1) is 0 Å². The van der Waals surface area contributed by atoms with Crippen molar-refractivity contribution in [2.24, 2.45) is 0 Å². The number of hydrogen-bond donors (Lipinski definition) is 1. The lowest BCUT2D eigenvalue weighted by Crippen LogP contribution is -2.56. The molecule has 1 aliphatic rings. The zero-order valence-electron chi connectivity index (χ0n) is 12.1. The number of nitrogens with zero attached hydrogens (tertiary/aromatic N) is 1. The summed E-state index contributed by atoms with van der Waals surface area (Å²) in [6.07, 6.45) is 0.499. The van der Waals surface area contributed by atoms with E-state index in [1.54, 1.807) is 19.1 Å². The molecule has 4 nitrogen and oxygen atoms in total. The van der Waals surface area contributed by atoms with Crippen LogP contribution in [0.4, 0.5) is 0 Å². The molecule has 0 aromatic heterocycles. The van der Waals surface area contributed by atoms with Gasteiger partial charge in [-0.05, 0) is 30.9 Å². The summed E-state index contributed by atoms with van der Waals surface area (Å²) < 4.78 is 0. The van der Waals surface area contributed by atoms with Crippen molar-refractivity contribution in [3.8, 4) is 0 Å². The van der Waals surface area contributed by atoms with Gasteiger partial charge in [-0.25, -0.2) is 0 Å². The van der Waals surface area contributed by atoms with E-state index >= 15 is 0 Å². The molecule has 0 aliphatic carbocycles. The Hall–Kier alpha value is -2.20. The molecule has 3 rings (SSSR count). The highest BCUT2D eigenvalue weighted by Crippen LogP contribution is 2.34. The van der Waals surface area contributed by atoms with Crippen LogP contribution in [0.3, 0.4) is 0 Å². The minimum atomic E-state index is -0.885. The summed E-state index contributed by atoms with van der Waals surface area (Å²) in [6, 6.07) is 10.9. The van der Waals surface area contributed by atoms with Gasteiger partial charge in [-0.3, -0.25) is 14.5 Å². The highest BCUT2D eigenvalue weighted by molar-refractivity contribution is 6.25. The van der Waals surface area contributed by atoms with Gasteiger partial charge in [0.2, 0.25) is 0 Å². The first kappa shape index (κ1) is 13.8. The zero-order chi connectivity index (χ0) is 15.2. The van der Waals surface area contributed by atoms with Gasteiger partial charge in [0, 0.05) is 16.5 Å². The molecule has 0 saturated carbocycles. The number of hydrogen-bond acceptors (Lipinski definition) is 3. The number of carbonyl (C=O) groups excluding carboxylic acids is 2. The molecule has 1 unspecified atom stereocenters. The first-order chi connectivity index (χ1) is 10.0. The summed E-state index contributed by atoms with van der Waals surface area (Å²) in [5, 5.41) is 11.3. The first-order valence-corrected chi connectivity index (χ1v) is 7.05. The summed E-state index contributed by atoms with van der Waals surface area (Å²) in [5.74, 6) is -0.662. The summed E-state index contributed by atoms with van der Waals surface area (Å²) in [5.41, 5.74) is 0.163. The van der Waals surface area contributed by atoms with Gasteiger partial charge in [0.25, 0.3) is 11.8 Å². The van der Waals surface area contributed by atoms with Gasteiger partial charge in [0.15, 0.2) is 0 Å². The monoisotopic (exact) mass is 283 g/mol. The Balaban J connectivity index is 2.29. The lowest BCUT2D eigenvalue weighted by Gasteiger charge is -2.40. The number of amides is 2. The molecule has 0 saturated heterocycles. The molecule has 21 heavy (non-hydrogen) atoms. The third-order valence-corrected chi connectivity index (χ3v) is 4.41. The van der Waals surface area contributed by atoms with E-state index in [9.17, 15) is 14.7 Å². The SMILES string of the molecule is CCC(C)(CO)N1C(=O)c2cccc3cccc(c23)C1=O. The molecule has 0 bridgehead atoms. The summed E-state index contributed by atoms with van der Waals surface area (Å²) >= 11 is 0. The fourth-order valence-electron chi connectivity index (χ4n) is 2.86. The fourth-order valence-corrected chi connectivity index (χ4v) is 2.86. The number of aliphatic hydroxyl groups is 1. The smallest absolute Gasteiger partial charge is 0.261 e. The van der Waals surface area contributed by atoms with Gasteiger partial charge in [0.1, 0.15) is 0 Å². The fraction of sp³-hybridized carbons (Fsp3) is 0.294. The van der Waals surface area contributed by atoms with E-state index in [1.807, 2.05) is 31.2 Å². The third kappa shape index (κ3) is 1.79. The maximum Gasteiger partial charge on any atom is 0.261 e. The molecular weight excluding hydrogens is 266 g/mol. The second-order valence-corrected chi connectivity index (χ2v) is 5.66. The number of benzene rings is 2. The predicted octanol–water partition coefficient (Wildman–Crippen LogP) is 2.60. The van der Waals surface area contributed by atoms with Crippen LogP contribution in [0.25, 0.3) is 10.8 Å². The van der Waals surface area contributed by atoms with Crippen LogP contribution in [0.2, 0.25) is 0 Å². The van der Waals surface area contributed by atoms with E-state index in [1.165, 1.54) is 4.90 Å². The molecule has 1 N–H and O–H groups in total. The Kier molecular flexibility index (Phi) is 3.06. The van der Waals surface area contributed by atoms with Crippen LogP contribution in [-0.2, 0) is 0 Å². The minimum absolute atomic E-state index is 0.251. The van der Waals surface area contributed by atoms with Gasteiger partial charge >= 0.3 is 0 Å². The van der Waals surface area contributed by atoms with Gasteiger partial charge in [-0.1, -0.05) is 31.2 Å². The van der Waals surface area contributed by atoms with E-state index in [0.29, 0.717) is 22.9 Å². The minimum Gasteiger partial charge on any atom is -0.394 e. The van der Waals surface area contributed by atoms with E-state index < -0.39 is 5.54 Å². The van der Waals surface area contributed by atoms with E-state index in [2.05, 4.69) is 0 Å². The van der Waals surface area contributed by atoms with Crippen LogP contribution in [-0.4, -0.2) is 34.0 Å². The van der Waals surface area contributed by atoms with Crippen molar-refractivity contribution in [3.63, 3.8) is 0 Å². The van der Waals surface area contributed by atoms with E-state index in [-0.39, 0.29) is 18.4 Å². The quantitative estimate of drug-likeness (QED) is 0.881. The van der Waals surface area contributed by atoms with Gasteiger partial charge in [0.05, 0.1) is 12.1 Å². The summed E-state index contributed by atoms with van der Waals surface area (Å²) in [7, 11) is 0. The average molecular weight is 283 g/mol. The third-order valence-electron chi connectivity index (χ3n) is 4.41. The molecule has 1 atom stereocenters. The molecule has 1 heterocycles. The summed E-state index contributed by atoms with van der Waals surface area (Å²) in [6.45, 7) is 3.34. The highest BCUT2D eigenvalue weighted by atomic mass is 16.3. The maximum absolute atomic E-state index is 12.8. The van der Waals surface area contributed by atoms with Gasteiger partial charge in [-0.2, -0.15) is 0 Å². The van der Waals surface area contributed by atoms with E-state index in [4.69, 9.17) is 0 Å². The standard InChI is InChI=1S/C17H17NO3/c1-3-17(2,10-19)18-15(20)12-8-4-6-11-7-5-9-13(14(11)12)16(18)21/h4-9,19H,3,10H2,1-2H3. The lowest BCUT2D eigenvalue weighted by atomic mass is 9.88. The molecule has 2 aromatic carbocycles. The second-order valence-electron chi connectivity index (χ2n) is 5.66.